The van der Waals surface area contributed by atoms with Crippen LogP contribution in [-0.4, -0.2) is 61.0 Å². The average molecular weight is 394 g/mol. The molecule has 2 aliphatic heterocycles. The van der Waals surface area contributed by atoms with Gasteiger partial charge in [0.15, 0.2) is 0 Å². The van der Waals surface area contributed by atoms with Gasteiger partial charge in [0, 0.05) is 31.1 Å². The Labute approximate surface area is 163 Å². The third kappa shape index (κ3) is 5.00. The fraction of sp³-hybridized carbons (Fsp3) is 0.632. The van der Waals surface area contributed by atoms with E-state index in [0.29, 0.717) is 45.6 Å². The van der Waals surface area contributed by atoms with Gasteiger partial charge in [0.05, 0.1) is 25.5 Å². The summed E-state index contributed by atoms with van der Waals surface area (Å²) in [5, 5.41) is 4.93. The van der Waals surface area contributed by atoms with E-state index in [4.69, 9.17) is 4.74 Å². The molecule has 2 aliphatic rings. The number of carbonyl (C=O) groups is 3. The maximum absolute atomic E-state index is 12.9. The lowest BCUT2D eigenvalue weighted by Gasteiger charge is -2.37. The molecule has 0 aromatic carbocycles. The highest BCUT2D eigenvalue weighted by Gasteiger charge is 2.34. The third-order valence-electron chi connectivity index (χ3n) is 5.39. The summed E-state index contributed by atoms with van der Waals surface area (Å²) in [5.41, 5.74) is 0. The number of hydrogen-bond acceptors (Lipinski definition) is 5. The van der Waals surface area contributed by atoms with E-state index in [0.717, 1.165) is 17.7 Å². The zero-order valence-corrected chi connectivity index (χ0v) is 16.5. The van der Waals surface area contributed by atoms with Crippen LogP contribution in [-0.2, 0) is 20.9 Å². The number of hydrogen-bond donors (Lipinski definition) is 1. The van der Waals surface area contributed by atoms with Crippen molar-refractivity contribution in [1.29, 1.82) is 0 Å². The van der Waals surface area contributed by atoms with Crippen LogP contribution in [0, 0.1) is 11.8 Å². The van der Waals surface area contributed by atoms with Gasteiger partial charge in [-0.25, -0.2) is 4.79 Å². The first kappa shape index (κ1) is 19.7. The number of nitrogens with one attached hydrogen (secondary N) is 1. The summed E-state index contributed by atoms with van der Waals surface area (Å²) < 4.78 is 4.80. The van der Waals surface area contributed by atoms with Gasteiger partial charge in [-0.05, 0) is 37.1 Å². The number of amides is 3. The molecule has 7 nitrogen and oxygen atoms in total. The Morgan fingerprint density at radius 1 is 1.15 bits per heavy atom. The van der Waals surface area contributed by atoms with Crippen molar-refractivity contribution in [1.82, 2.24) is 15.1 Å². The van der Waals surface area contributed by atoms with Crippen LogP contribution in [0.2, 0.25) is 0 Å². The second-order valence-corrected chi connectivity index (χ2v) is 8.18. The van der Waals surface area contributed by atoms with Crippen LogP contribution in [0.3, 0.4) is 0 Å². The van der Waals surface area contributed by atoms with Gasteiger partial charge in [-0.1, -0.05) is 6.07 Å². The molecule has 2 saturated heterocycles. The van der Waals surface area contributed by atoms with Gasteiger partial charge in [0.25, 0.3) is 0 Å². The van der Waals surface area contributed by atoms with E-state index >= 15 is 0 Å². The van der Waals surface area contributed by atoms with Crippen molar-refractivity contribution in [2.75, 3.05) is 33.3 Å². The Kier molecular flexibility index (Phi) is 6.71. The van der Waals surface area contributed by atoms with Crippen molar-refractivity contribution in [2.24, 2.45) is 11.8 Å². The Balaban J connectivity index is 1.48. The number of thiophene rings is 1. The lowest BCUT2D eigenvalue weighted by Crippen LogP contribution is -2.51. The molecule has 0 aliphatic carbocycles. The lowest BCUT2D eigenvalue weighted by atomic mass is 9.93. The van der Waals surface area contributed by atoms with Gasteiger partial charge in [-0.15, -0.1) is 11.3 Å². The molecule has 3 heterocycles. The number of likely N-dealkylation sites (tertiary alicyclic amines) is 2. The minimum absolute atomic E-state index is 0.106. The summed E-state index contributed by atoms with van der Waals surface area (Å²) in [6.45, 7) is 2.84. The number of piperidine rings is 2. The van der Waals surface area contributed by atoms with Crippen molar-refractivity contribution < 1.29 is 19.1 Å². The lowest BCUT2D eigenvalue weighted by molar-refractivity contribution is -0.150. The number of methoxy groups -OCH3 is 1. The van der Waals surface area contributed by atoms with Gasteiger partial charge >= 0.3 is 12.0 Å². The Morgan fingerprint density at radius 2 is 1.93 bits per heavy atom. The normalized spacial score (nSPS) is 21.0. The number of nitrogens with zero attached hydrogens (tertiary/aromatic N) is 2. The molecule has 1 unspecified atom stereocenters. The number of ether oxygens (including phenoxy) is 1. The topological polar surface area (TPSA) is 79.0 Å². The van der Waals surface area contributed by atoms with Crippen molar-refractivity contribution >= 4 is 29.2 Å². The second kappa shape index (κ2) is 9.21. The van der Waals surface area contributed by atoms with Crippen molar-refractivity contribution in [3.05, 3.63) is 22.4 Å². The zero-order chi connectivity index (χ0) is 19.2. The standard InChI is InChI=1S/C19H27N3O4S/c1-26-18(24)14-6-9-21(10-7-14)17(23)15-4-2-8-22(13-15)19(25)20-12-16-5-3-11-27-16/h3,5,11,14-15H,2,4,6-10,12-13H2,1H3,(H,20,25). The van der Waals surface area contributed by atoms with Crippen molar-refractivity contribution in [3.8, 4) is 0 Å². The van der Waals surface area contributed by atoms with Crippen LogP contribution in [0.4, 0.5) is 4.79 Å². The molecule has 148 valence electrons. The predicted octanol–water partition coefficient (Wildman–Crippen LogP) is 2.08. The molecule has 8 heteroatoms. The third-order valence-corrected chi connectivity index (χ3v) is 6.27. The van der Waals surface area contributed by atoms with Crippen LogP contribution in [0.25, 0.3) is 0 Å². The van der Waals surface area contributed by atoms with E-state index < -0.39 is 0 Å². The molecule has 1 aromatic rings. The highest BCUT2D eigenvalue weighted by atomic mass is 32.1. The van der Waals surface area contributed by atoms with E-state index in [1.54, 1.807) is 16.2 Å². The highest BCUT2D eigenvalue weighted by molar-refractivity contribution is 7.09. The molecule has 2 fully saturated rings. The second-order valence-electron chi connectivity index (χ2n) is 7.15. The van der Waals surface area contributed by atoms with Crippen LogP contribution in [0.15, 0.2) is 17.5 Å². The number of urea groups is 1. The van der Waals surface area contributed by atoms with Gasteiger partial charge in [-0.2, -0.15) is 0 Å². The maximum atomic E-state index is 12.9. The Bertz CT molecular complexity index is 656. The summed E-state index contributed by atoms with van der Waals surface area (Å²) >= 11 is 1.61. The van der Waals surface area contributed by atoms with Gasteiger partial charge in [0.1, 0.15) is 0 Å². The molecule has 0 radical (unpaired) electrons. The van der Waals surface area contributed by atoms with Crippen LogP contribution >= 0.6 is 11.3 Å². The van der Waals surface area contributed by atoms with E-state index in [1.165, 1.54) is 7.11 Å². The minimum Gasteiger partial charge on any atom is -0.469 e. The summed E-state index contributed by atoms with van der Waals surface area (Å²) in [4.78, 5) is 41.6. The van der Waals surface area contributed by atoms with Gasteiger partial charge < -0.3 is 19.9 Å². The fourth-order valence-corrected chi connectivity index (χ4v) is 4.46. The number of rotatable bonds is 4. The Hall–Kier alpha value is -2.09. The highest BCUT2D eigenvalue weighted by Crippen LogP contribution is 2.24. The van der Waals surface area contributed by atoms with E-state index in [-0.39, 0.29) is 29.7 Å². The molecule has 27 heavy (non-hydrogen) atoms. The molecule has 1 aromatic heterocycles. The molecule has 3 rings (SSSR count). The molecular weight excluding hydrogens is 366 g/mol. The molecule has 0 spiro atoms. The number of carbonyl (C=O) groups excluding carboxylic acids is 3. The number of esters is 1. The van der Waals surface area contributed by atoms with E-state index in [2.05, 4.69) is 5.32 Å². The first-order chi connectivity index (χ1) is 13.1. The smallest absolute Gasteiger partial charge is 0.317 e. The van der Waals surface area contributed by atoms with Gasteiger partial charge in [0.2, 0.25) is 5.91 Å². The van der Waals surface area contributed by atoms with Crippen molar-refractivity contribution in [3.63, 3.8) is 0 Å². The summed E-state index contributed by atoms with van der Waals surface area (Å²) in [6, 6.07) is 3.85. The summed E-state index contributed by atoms with van der Waals surface area (Å²) in [7, 11) is 1.40. The van der Waals surface area contributed by atoms with Crippen molar-refractivity contribution in [2.45, 2.75) is 32.2 Å². The largest absolute Gasteiger partial charge is 0.469 e. The van der Waals surface area contributed by atoms with E-state index in [1.807, 2.05) is 22.4 Å². The van der Waals surface area contributed by atoms with E-state index in [9.17, 15) is 14.4 Å². The molecule has 1 atom stereocenters. The average Bonchev–Trinajstić information content (AvgIpc) is 3.24. The minimum atomic E-state index is -0.187. The molecule has 3 amide bonds. The molecule has 0 bridgehead atoms. The molecular formula is C19H27N3O4S. The molecule has 0 saturated carbocycles. The van der Waals surface area contributed by atoms with Crippen LogP contribution in [0.5, 0.6) is 0 Å². The molecule has 1 N–H and O–H groups in total. The quantitative estimate of drug-likeness (QED) is 0.795. The monoisotopic (exact) mass is 393 g/mol. The Morgan fingerprint density at radius 3 is 2.59 bits per heavy atom. The first-order valence-corrected chi connectivity index (χ1v) is 10.4. The van der Waals surface area contributed by atoms with Crippen LogP contribution < -0.4 is 5.32 Å². The zero-order valence-electron chi connectivity index (χ0n) is 15.7. The summed E-state index contributed by atoms with van der Waals surface area (Å²) in [6.07, 6.45) is 2.94. The van der Waals surface area contributed by atoms with Crippen LogP contribution in [0.1, 0.15) is 30.6 Å². The SMILES string of the molecule is COC(=O)C1CCN(C(=O)C2CCCN(C(=O)NCc3cccs3)C2)CC1. The maximum Gasteiger partial charge on any atom is 0.317 e. The first-order valence-electron chi connectivity index (χ1n) is 9.50. The summed E-state index contributed by atoms with van der Waals surface area (Å²) in [5.74, 6) is -0.340. The fourth-order valence-electron chi connectivity index (χ4n) is 3.81. The predicted molar refractivity (Wildman–Crippen MR) is 102 cm³/mol. The van der Waals surface area contributed by atoms with Gasteiger partial charge in [-0.3, -0.25) is 9.59 Å².